The monoisotopic (exact) mass is 308 g/mol. The number of pyridine rings is 1. The van der Waals surface area contributed by atoms with Crippen LogP contribution in [0.3, 0.4) is 0 Å². The first kappa shape index (κ1) is 13.6. The number of hydrogen-bond donors (Lipinski definition) is 0. The first-order valence-electron chi connectivity index (χ1n) is 7.68. The van der Waals surface area contributed by atoms with Crippen LogP contribution < -0.4 is 4.90 Å². The topological polar surface area (TPSA) is 16.1 Å². The van der Waals surface area contributed by atoms with Crippen LogP contribution in [0, 0.1) is 0 Å². The zero-order chi connectivity index (χ0) is 14.9. The van der Waals surface area contributed by atoms with Gasteiger partial charge in [0.1, 0.15) is 5.82 Å². The lowest BCUT2D eigenvalue weighted by molar-refractivity contribution is 0.756. The van der Waals surface area contributed by atoms with Gasteiger partial charge in [-0.25, -0.2) is 4.98 Å². The number of rotatable bonds is 1. The molecule has 3 heteroatoms. The van der Waals surface area contributed by atoms with Crippen LogP contribution in [0.5, 0.6) is 0 Å². The lowest BCUT2D eigenvalue weighted by Gasteiger charge is -2.22. The van der Waals surface area contributed by atoms with Crippen molar-refractivity contribution in [1.29, 1.82) is 0 Å². The van der Waals surface area contributed by atoms with E-state index in [4.69, 9.17) is 16.6 Å². The Labute approximate surface area is 135 Å². The number of halogens is 1. The van der Waals surface area contributed by atoms with Gasteiger partial charge in [0, 0.05) is 23.5 Å². The summed E-state index contributed by atoms with van der Waals surface area (Å²) in [5.41, 5.74) is 3.88. The molecule has 1 aliphatic rings. The molecule has 0 bridgehead atoms. The third-order valence-corrected chi connectivity index (χ3v) is 4.55. The van der Waals surface area contributed by atoms with Gasteiger partial charge < -0.3 is 4.90 Å². The number of aromatic nitrogens is 1. The molecule has 2 aromatic carbocycles. The van der Waals surface area contributed by atoms with Gasteiger partial charge in [-0.3, -0.25) is 0 Å². The molecule has 0 saturated heterocycles. The average Bonchev–Trinajstić information content (AvgIpc) is 2.76. The van der Waals surface area contributed by atoms with E-state index in [0.717, 1.165) is 47.7 Å². The summed E-state index contributed by atoms with van der Waals surface area (Å²) >= 11 is 6.05. The van der Waals surface area contributed by atoms with E-state index in [1.165, 1.54) is 11.1 Å². The summed E-state index contributed by atoms with van der Waals surface area (Å²) in [6.07, 6.45) is 2.31. The van der Waals surface area contributed by atoms with Crippen molar-refractivity contribution in [3.05, 3.63) is 70.7 Å². The second-order valence-electron chi connectivity index (χ2n) is 5.80. The highest BCUT2D eigenvalue weighted by molar-refractivity contribution is 6.31. The van der Waals surface area contributed by atoms with Gasteiger partial charge in [-0.2, -0.15) is 0 Å². The van der Waals surface area contributed by atoms with Gasteiger partial charge in [0.25, 0.3) is 0 Å². The Morgan fingerprint density at radius 2 is 1.82 bits per heavy atom. The van der Waals surface area contributed by atoms with Crippen LogP contribution in [0.1, 0.15) is 17.5 Å². The van der Waals surface area contributed by atoms with Gasteiger partial charge in [-0.15, -0.1) is 0 Å². The third-order valence-electron chi connectivity index (χ3n) is 4.31. The van der Waals surface area contributed by atoms with Gasteiger partial charge in [0.2, 0.25) is 0 Å². The number of aryl methyl sites for hydroxylation is 1. The van der Waals surface area contributed by atoms with E-state index in [9.17, 15) is 0 Å². The van der Waals surface area contributed by atoms with Crippen LogP contribution in [-0.4, -0.2) is 11.5 Å². The van der Waals surface area contributed by atoms with E-state index in [1.54, 1.807) is 0 Å². The van der Waals surface area contributed by atoms with E-state index in [-0.39, 0.29) is 0 Å². The fraction of sp³-hybridized carbons (Fsp3) is 0.211. The van der Waals surface area contributed by atoms with Gasteiger partial charge >= 0.3 is 0 Å². The van der Waals surface area contributed by atoms with E-state index in [0.29, 0.717) is 0 Å². The predicted octanol–water partition coefficient (Wildman–Crippen LogP) is 4.84. The van der Waals surface area contributed by atoms with Gasteiger partial charge in [0.05, 0.1) is 5.52 Å². The Bertz CT molecular complexity index is 829. The molecule has 0 radical (unpaired) electrons. The summed E-state index contributed by atoms with van der Waals surface area (Å²) in [7, 11) is 0. The molecule has 0 saturated carbocycles. The highest BCUT2D eigenvalue weighted by Crippen LogP contribution is 2.25. The molecule has 3 aromatic rings. The van der Waals surface area contributed by atoms with Crippen LogP contribution in [0.4, 0.5) is 5.82 Å². The molecule has 1 aliphatic heterocycles. The molecule has 22 heavy (non-hydrogen) atoms. The highest BCUT2D eigenvalue weighted by atomic mass is 35.5. The number of nitrogens with zero attached hydrogens (tertiary/aromatic N) is 2. The minimum atomic E-state index is 0.755. The van der Waals surface area contributed by atoms with Crippen molar-refractivity contribution in [3.8, 4) is 0 Å². The fourth-order valence-electron chi connectivity index (χ4n) is 3.16. The number of hydrogen-bond acceptors (Lipinski definition) is 2. The minimum Gasteiger partial charge on any atom is -0.352 e. The van der Waals surface area contributed by atoms with E-state index >= 15 is 0 Å². The van der Waals surface area contributed by atoms with E-state index in [1.807, 2.05) is 18.2 Å². The highest BCUT2D eigenvalue weighted by Gasteiger charge is 2.15. The molecule has 1 aromatic heterocycles. The molecule has 2 heterocycles. The lowest BCUT2D eigenvalue weighted by Crippen LogP contribution is -2.23. The van der Waals surface area contributed by atoms with Crippen LogP contribution >= 0.6 is 11.6 Å². The maximum Gasteiger partial charge on any atom is 0.129 e. The predicted molar refractivity (Wildman–Crippen MR) is 92.6 cm³/mol. The molecule has 4 rings (SSSR count). The molecule has 110 valence electrons. The molecule has 0 N–H and O–H groups in total. The van der Waals surface area contributed by atoms with Crippen LogP contribution in [0.25, 0.3) is 10.9 Å². The Morgan fingerprint density at radius 3 is 2.73 bits per heavy atom. The summed E-state index contributed by atoms with van der Waals surface area (Å²) in [4.78, 5) is 7.20. The number of fused-ring (bicyclic) bond motifs is 2. The quantitative estimate of drug-likeness (QED) is 0.639. The Morgan fingerprint density at radius 1 is 0.955 bits per heavy atom. The second-order valence-corrected chi connectivity index (χ2v) is 6.24. The largest absolute Gasteiger partial charge is 0.352 e. The summed E-state index contributed by atoms with van der Waals surface area (Å²) < 4.78 is 0. The zero-order valence-corrected chi connectivity index (χ0v) is 13.1. The van der Waals surface area contributed by atoms with Gasteiger partial charge in [-0.05, 0) is 54.3 Å². The molecule has 2 nitrogen and oxygen atoms in total. The normalized spacial score (nSPS) is 14.7. The fourth-order valence-corrected chi connectivity index (χ4v) is 3.34. The van der Waals surface area contributed by atoms with Gasteiger partial charge in [0.15, 0.2) is 0 Å². The first-order valence-corrected chi connectivity index (χ1v) is 8.05. The lowest BCUT2D eigenvalue weighted by atomic mass is 10.0. The number of anilines is 1. The molecule has 0 atom stereocenters. The van der Waals surface area contributed by atoms with Gasteiger partial charge in [-0.1, -0.05) is 35.9 Å². The van der Waals surface area contributed by atoms with Crippen molar-refractivity contribution in [2.45, 2.75) is 19.4 Å². The summed E-state index contributed by atoms with van der Waals surface area (Å²) in [5, 5.41) is 1.84. The summed E-state index contributed by atoms with van der Waals surface area (Å²) in [6.45, 7) is 1.98. The van der Waals surface area contributed by atoms with Crippen LogP contribution in [-0.2, 0) is 13.0 Å². The molecule has 0 unspecified atom stereocenters. The van der Waals surface area contributed by atoms with Crippen molar-refractivity contribution in [2.24, 2.45) is 0 Å². The van der Waals surface area contributed by atoms with Crippen molar-refractivity contribution >= 4 is 28.3 Å². The summed E-state index contributed by atoms with van der Waals surface area (Å²) in [5.74, 6) is 1.05. The third kappa shape index (κ3) is 2.55. The Balaban J connectivity index is 1.71. The Kier molecular flexibility index (Phi) is 3.47. The molecule has 0 aliphatic carbocycles. The standard InChI is InChI=1S/C19H17ClN2/c20-17-8-9-18-15(12-17)7-10-19(21-18)22-11-3-6-14-4-1-2-5-16(14)13-22/h1-2,4-5,7-10,12H,3,6,11,13H2. The van der Waals surface area contributed by atoms with Crippen molar-refractivity contribution in [1.82, 2.24) is 4.98 Å². The van der Waals surface area contributed by atoms with Crippen molar-refractivity contribution < 1.29 is 0 Å². The molecular weight excluding hydrogens is 292 g/mol. The summed E-state index contributed by atoms with van der Waals surface area (Å²) in [6, 6.07) is 18.8. The van der Waals surface area contributed by atoms with Crippen LogP contribution in [0.2, 0.25) is 5.02 Å². The van der Waals surface area contributed by atoms with Crippen molar-refractivity contribution in [2.75, 3.05) is 11.4 Å². The SMILES string of the molecule is Clc1ccc2nc(N3CCCc4ccccc4C3)ccc2c1. The maximum absolute atomic E-state index is 6.05. The molecular formula is C19H17ClN2. The maximum atomic E-state index is 6.05. The molecule has 0 spiro atoms. The minimum absolute atomic E-state index is 0.755. The second kappa shape index (κ2) is 5.62. The Hall–Kier alpha value is -2.06. The molecule has 0 fully saturated rings. The van der Waals surface area contributed by atoms with Crippen LogP contribution in [0.15, 0.2) is 54.6 Å². The van der Waals surface area contributed by atoms with E-state index in [2.05, 4.69) is 41.3 Å². The van der Waals surface area contributed by atoms with Crippen molar-refractivity contribution in [3.63, 3.8) is 0 Å². The average molecular weight is 309 g/mol. The smallest absolute Gasteiger partial charge is 0.129 e. The molecule has 0 amide bonds. The first-order chi connectivity index (χ1) is 10.8. The van der Waals surface area contributed by atoms with E-state index < -0.39 is 0 Å². The number of benzene rings is 2. The zero-order valence-electron chi connectivity index (χ0n) is 12.3.